The molecule has 4 saturated carbocycles. The minimum Gasteiger partial charge on any atom is -0.393 e. The maximum atomic E-state index is 11.5. The van der Waals surface area contributed by atoms with Crippen LogP contribution in [0.5, 0.6) is 0 Å². The predicted octanol–water partition coefficient (Wildman–Crippen LogP) is 4.38. The van der Waals surface area contributed by atoms with E-state index in [9.17, 15) is 15.3 Å². The third kappa shape index (κ3) is 2.86. The lowest BCUT2D eigenvalue weighted by molar-refractivity contribution is -0.207. The van der Waals surface area contributed by atoms with Gasteiger partial charge in [-0.25, -0.2) is 0 Å². The van der Waals surface area contributed by atoms with Crippen LogP contribution in [0.4, 0.5) is 0 Å². The first-order valence-electron chi connectivity index (χ1n) is 11.8. The van der Waals surface area contributed by atoms with Gasteiger partial charge in [-0.2, -0.15) is 0 Å². The summed E-state index contributed by atoms with van der Waals surface area (Å²) in [6, 6.07) is 0. The molecule has 0 spiro atoms. The lowest BCUT2D eigenvalue weighted by Gasteiger charge is -2.63. The van der Waals surface area contributed by atoms with Crippen LogP contribution in [-0.2, 0) is 0 Å². The second kappa shape index (κ2) is 6.99. The maximum absolute atomic E-state index is 11.5. The third-order valence-corrected chi connectivity index (χ3v) is 10.3. The normalized spacial score (nSPS) is 56.1. The summed E-state index contributed by atoms with van der Waals surface area (Å²) in [7, 11) is 0. The van der Waals surface area contributed by atoms with E-state index in [4.69, 9.17) is 0 Å². The fourth-order valence-corrected chi connectivity index (χ4v) is 8.79. The van der Waals surface area contributed by atoms with Crippen LogP contribution in [0.3, 0.4) is 0 Å². The van der Waals surface area contributed by atoms with Gasteiger partial charge in [-0.3, -0.25) is 0 Å². The molecular formula is C24H42O3. The maximum Gasteiger partial charge on any atom is 0.0602 e. The lowest BCUT2D eigenvalue weighted by Crippen LogP contribution is -2.62. The molecule has 4 fully saturated rings. The van der Waals surface area contributed by atoms with Crippen molar-refractivity contribution in [3.05, 3.63) is 0 Å². The zero-order valence-corrected chi connectivity index (χ0v) is 17.9. The summed E-state index contributed by atoms with van der Waals surface area (Å²) in [5.74, 6) is 2.86. The van der Waals surface area contributed by atoms with Crippen LogP contribution < -0.4 is 0 Å². The molecule has 0 aromatic heterocycles. The molecule has 0 radical (unpaired) electrons. The van der Waals surface area contributed by atoms with Crippen molar-refractivity contribution in [2.45, 2.75) is 104 Å². The van der Waals surface area contributed by atoms with E-state index < -0.39 is 0 Å². The first kappa shape index (κ1) is 20.2. The summed E-state index contributed by atoms with van der Waals surface area (Å²) in [5, 5.41) is 32.9. The van der Waals surface area contributed by atoms with Crippen molar-refractivity contribution in [2.75, 3.05) is 0 Å². The molecule has 3 nitrogen and oxygen atoms in total. The van der Waals surface area contributed by atoms with Crippen molar-refractivity contribution in [3.8, 4) is 0 Å². The monoisotopic (exact) mass is 378 g/mol. The Kier molecular flexibility index (Phi) is 5.22. The summed E-state index contributed by atoms with van der Waals surface area (Å²) in [5.41, 5.74) is 0.146. The molecule has 0 bridgehead atoms. The average molecular weight is 379 g/mol. The molecule has 0 aromatic rings. The summed E-state index contributed by atoms with van der Waals surface area (Å²) in [6.07, 6.45) is 8.64. The molecular weight excluding hydrogens is 336 g/mol. The van der Waals surface area contributed by atoms with Crippen LogP contribution in [0.2, 0.25) is 0 Å². The quantitative estimate of drug-likeness (QED) is 0.683. The van der Waals surface area contributed by atoms with Gasteiger partial charge < -0.3 is 15.3 Å². The Morgan fingerprint density at radius 3 is 2.41 bits per heavy atom. The number of hydrogen-bond acceptors (Lipinski definition) is 3. The Hall–Kier alpha value is -0.120. The third-order valence-electron chi connectivity index (χ3n) is 10.3. The van der Waals surface area contributed by atoms with Gasteiger partial charge in [0.25, 0.3) is 0 Å². The van der Waals surface area contributed by atoms with Crippen LogP contribution in [0.1, 0.15) is 85.5 Å². The summed E-state index contributed by atoms with van der Waals surface area (Å²) in [4.78, 5) is 0. The van der Waals surface area contributed by atoms with Gasteiger partial charge >= 0.3 is 0 Å². The predicted molar refractivity (Wildman–Crippen MR) is 108 cm³/mol. The van der Waals surface area contributed by atoms with E-state index in [1.165, 1.54) is 25.7 Å². The summed E-state index contributed by atoms with van der Waals surface area (Å²) >= 11 is 0. The fraction of sp³-hybridized carbons (Fsp3) is 1.00. The van der Waals surface area contributed by atoms with Gasteiger partial charge in [-0.15, -0.1) is 0 Å². The Morgan fingerprint density at radius 2 is 1.70 bits per heavy atom. The zero-order chi connectivity index (χ0) is 19.6. The van der Waals surface area contributed by atoms with E-state index in [0.717, 1.165) is 32.1 Å². The average Bonchev–Trinajstić information content (AvgIpc) is 2.96. The molecule has 156 valence electrons. The van der Waals surface area contributed by atoms with Crippen molar-refractivity contribution in [1.29, 1.82) is 0 Å². The highest BCUT2D eigenvalue weighted by molar-refractivity contribution is 5.14. The van der Waals surface area contributed by atoms with Crippen LogP contribution in [-0.4, -0.2) is 33.6 Å². The highest BCUT2D eigenvalue weighted by Gasteiger charge is 2.65. The molecule has 0 amide bonds. The van der Waals surface area contributed by atoms with E-state index in [1.54, 1.807) is 0 Å². The van der Waals surface area contributed by atoms with Crippen molar-refractivity contribution in [1.82, 2.24) is 0 Å². The molecule has 4 aliphatic carbocycles. The second-order valence-electron chi connectivity index (χ2n) is 11.3. The fourth-order valence-electron chi connectivity index (χ4n) is 8.79. The second-order valence-corrected chi connectivity index (χ2v) is 11.3. The van der Waals surface area contributed by atoms with Crippen molar-refractivity contribution < 1.29 is 15.3 Å². The number of fused-ring (bicyclic) bond motifs is 5. The largest absolute Gasteiger partial charge is 0.393 e. The van der Waals surface area contributed by atoms with Crippen LogP contribution in [0.15, 0.2) is 0 Å². The molecule has 3 heteroatoms. The molecule has 4 rings (SSSR count). The van der Waals surface area contributed by atoms with Gasteiger partial charge in [0.2, 0.25) is 0 Å². The van der Waals surface area contributed by atoms with Gasteiger partial charge in [0.05, 0.1) is 18.3 Å². The Labute approximate surface area is 165 Å². The van der Waals surface area contributed by atoms with Gasteiger partial charge in [-0.1, -0.05) is 40.5 Å². The summed E-state index contributed by atoms with van der Waals surface area (Å²) in [6.45, 7) is 9.42. The van der Waals surface area contributed by atoms with Crippen molar-refractivity contribution >= 4 is 0 Å². The van der Waals surface area contributed by atoms with Crippen LogP contribution in [0.25, 0.3) is 0 Å². The molecule has 3 N–H and O–H groups in total. The van der Waals surface area contributed by atoms with E-state index >= 15 is 0 Å². The molecule has 0 heterocycles. The van der Waals surface area contributed by atoms with Gasteiger partial charge in [0.15, 0.2) is 0 Å². The van der Waals surface area contributed by atoms with Crippen molar-refractivity contribution in [3.63, 3.8) is 0 Å². The highest BCUT2D eigenvalue weighted by atomic mass is 16.3. The first-order chi connectivity index (χ1) is 12.7. The summed E-state index contributed by atoms with van der Waals surface area (Å²) < 4.78 is 0. The minimum atomic E-state index is -0.254. The highest BCUT2D eigenvalue weighted by Crippen LogP contribution is 2.68. The number of aliphatic hydroxyl groups excluding tert-OH is 3. The molecule has 0 saturated heterocycles. The standard InChI is InChI=1S/C24H42O3/c1-5-6-14(2)17-7-8-18-22-19(13-21(27)24(17,18)4)23(3)10-9-16(25)11-15(23)12-20(22)26/h14-22,25-27H,5-13H2,1-4H3/t14?,15-,16-,17?,18?,19?,20+,21-,22-,23-,24?/m0/s1. The number of rotatable bonds is 3. The van der Waals surface area contributed by atoms with Gasteiger partial charge in [0, 0.05) is 0 Å². The van der Waals surface area contributed by atoms with Crippen LogP contribution >= 0.6 is 0 Å². The molecule has 0 aromatic carbocycles. The van der Waals surface area contributed by atoms with E-state index in [2.05, 4.69) is 27.7 Å². The minimum absolute atomic E-state index is 0.0336. The molecule has 4 aliphatic rings. The van der Waals surface area contributed by atoms with Crippen LogP contribution in [0, 0.1) is 46.3 Å². The van der Waals surface area contributed by atoms with Crippen molar-refractivity contribution in [2.24, 2.45) is 46.3 Å². The number of aliphatic hydroxyl groups is 3. The molecule has 11 atom stereocenters. The first-order valence-corrected chi connectivity index (χ1v) is 11.8. The Bertz CT molecular complexity index is 550. The van der Waals surface area contributed by atoms with Gasteiger partial charge in [0.1, 0.15) is 0 Å². The molecule has 5 unspecified atom stereocenters. The topological polar surface area (TPSA) is 60.7 Å². The van der Waals surface area contributed by atoms with E-state index in [-0.39, 0.29) is 29.1 Å². The zero-order valence-electron chi connectivity index (χ0n) is 17.9. The Morgan fingerprint density at radius 1 is 0.963 bits per heavy atom. The SMILES string of the molecule is CCCC(C)C1CCC2[C@H]3C(C[C@H](O)C12C)[C@@]1(C)CC[C@H](O)C[C@H]1C[C@H]3O. The smallest absolute Gasteiger partial charge is 0.0602 e. The Balaban J connectivity index is 1.66. The molecule has 27 heavy (non-hydrogen) atoms. The lowest BCUT2D eigenvalue weighted by atomic mass is 9.43. The van der Waals surface area contributed by atoms with Gasteiger partial charge in [-0.05, 0) is 91.3 Å². The van der Waals surface area contributed by atoms with E-state index in [1.807, 2.05) is 0 Å². The molecule has 0 aliphatic heterocycles. The number of hydrogen-bond donors (Lipinski definition) is 3. The van der Waals surface area contributed by atoms with E-state index in [0.29, 0.717) is 35.5 Å².